The molecule has 0 bridgehead atoms. The van der Waals surface area contributed by atoms with E-state index in [4.69, 9.17) is 4.74 Å². The summed E-state index contributed by atoms with van der Waals surface area (Å²) in [5.41, 5.74) is 1.80. The fourth-order valence-corrected chi connectivity index (χ4v) is 3.64. The number of sulfone groups is 1. The summed E-state index contributed by atoms with van der Waals surface area (Å²) in [6, 6.07) is 7.61. The summed E-state index contributed by atoms with van der Waals surface area (Å²) in [5.74, 6) is 1.52. The van der Waals surface area contributed by atoms with Crippen molar-refractivity contribution in [1.29, 1.82) is 0 Å². The molecular weight excluding hydrogens is 340 g/mol. The van der Waals surface area contributed by atoms with Crippen LogP contribution < -0.4 is 14.5 Å². The second kappa shape index (κ2) is 7.26. The van der Waals surface area contributed by atoms with E-state index in [1.165, 1.54) is 6.26 Å². The number of anilines is 2. The van der Waals surface area contributed by atoms with Crippen molar-refractivity contribution in [3.05, 3.63) is 42.2 Å². The predicted octanol–water partition coefficient (Wildman–Crippen LogP) is 1.36. The van der Waals surface area contributed by atoms with Crippen molar-refractivity contribution < 1.29 is 13.2 Å². The largest absolute Gasteiger partial charge is 0.481 e. The van der Waals surface area contributed by atoms with Crippen LogP contribution >= 0.6 is 0 Å². The molecule has 0 atom stereocenters. The summed E-state index contributed by atoms with van der Waals surface area (Å²) in [4.78, 5) is 13.2. The molecule has 0 N–H and O–H groups in total. The Balaban J connectivity index is 1.60. The third-order valence-corrected chi connectivity index (χ3v) is 4.99. The first-order valence-corrected chi connectivity index (χ1v) is 10.1. The minimum atomic E-state index is -3.03. The lowest BCUT2D eigenvalue weighted by Gasteiger charge is -2.36. The van der Waals surface area contributed by atoms with Gasteiger partial charge in [-0.05, 0) is 17.7 Å². The van der Waals surface area contributed by atoms with Crippen LogP contribution in [0.5, 0.6) is 5.88 Å². The molecule has 25 heavy (non-hydrogen) atoms. The van der Waals surface area contributed by atoms with Crippen molar-refractivity contribution in [2.75, 3.05) is 49.3 Å². The molecule has 1 aliphatic rings. The first kappa shape index (κ1) is 17.5. The van der Waals surface area contributed by atoms with Crippen LogP contribution in [-0.2, 0) is 15.6 Å². The van der Waals surface area contributed by atoms with Crippen LogP contribution in [0.25, 0.3) is 0 Å². The van der Waals surface area contributed by atoms with Gasteiger partial charge in [-0.25, -0.2) is 18.4 Å². The number of piperazine rings is 1. The van der Waals surface area contributed by atoms with E-state index in [9.17, 15) is 8.42 Å². The first-order valence-electron chi connectivity index (χ1n) is 8.07. The van der Waals surface area contributed by atoms with Gasteiger partial charge in [0.1, 0.15) is 5.82 Å². The van der Waals surface area contributed by atoms with E-state index in [2.05, 4.69) is 19.8 Å². The van der Waals surface area contributed by atoms with E-state index < -0.39 is 9.84 Å². The second-order valence-electron chi connectivity index (χ2n) is 6.13. The molecule has 7 nitrogen and oxygen atoms in total. The van der Waals surface area contributed by atoms with Crippen molar-refractivity contribution in [2.45, 2.75) is 5.75 Å². The van der Waals surface area contributed by atoms with E-state index in [0.717, 1.165) is 37.7 Å². The van der Waals surface area contributed by atoms with Gasteiger partial charge < -0.3 is 14.5 Å². The Hall–Kier alpha value is -2.35. The Morgan fingerprint density at radius 2 is 1.72 bits per heavy atom. The van der Waals surface area contributed by atoms with Gasteiger partial charge in [-0.2, -0.15) is 0 Å². The molecule has 8 heteroatoms. The van der Waals surface area contributed by atoms with Crippen LogP contribution in [0.4, 0.5) is 11.5 Å². The molecule has 1 fully saturated rings. The molecule has 0 radical (unpaired) electrons. The van der Waals surface area contributed by atoms with Gasteiger partial charge >= 0.3 is 0 Å². The molecule has 1 aliphatic heterocycles. The molecule has 0 amide bonds. The smallest absolute Gasteiger partial charge is 0.213 e. The van der Waals surface area contributed by atoms with Crippen LogP contribution in [0, 0.1) is 0 Å². The zero-order valence-electron chi connectivity index (χ0n) is 14.4. The maximum absolute atomic E-state index is 11.3. The molecule has 134 valence electrons. The van der Waals surface area contributed by atoms with Crippen molar-refractivity contribution in [3.63, 3.8) is 0 Å². The average Bonchev–Trinajstić information content (AvgIpc) is 2.61. The summed E-state index contributed by atoms with van der Waals surface area (Å²) in [6.45, 7) is 3.45. The zero-order valence-corrected chi connectivity index (χ0v) is 15.2. The molecular formula is C17H22N4O3S. The van der Waals surface area contributed by atoms with Gasteiger partial charge in [-0.15, -0.1) is 0 Å². The van der Waals surface area contributed by atoms with Crippen molar-refractivity contribution in [2.24, 2.45) is 0 Å². The van der Waals surface area contributed by atoms with Crippen molar-refractivity contribution in [3.8, 4) is 5.88 Å². The lowest BCUT2D eigenvalue weighted by Crippen LogP contribution is -2.46. The number of ether oxygens (including phenoxy) is 1. The lowest BCUT2D eigenvalue weighted by atomic mass is 10.2. The Morgan fingerprint density at radius 3 is 2.24 bits per heavy atom. The third-order valence-electron chi connectivity index (χ3n) is 4.14. The molecule has 3 rings (SSSR count). The monoisotopic (exact) mass is 362 g/mol. The molecule has 1 saturated heterocycles. The summed E-state index contributed by atoms with van der Waals surface area (Å²) in [5, 5.41) is 0. The molecule has 2 aromatic heterocycles. The highest BCUT2D eigenvalue weighted by Gasteiger charge is 2.18. The van der Waals surface area contributed by atoms with Gasteiger partial charge in [-0.1, -0.05) is 6.07 Å². The Morgan fingerprint density at radius 1 is 1.00 bits per heavy atom. The van der Waals surface area contributed by atoms with Crippen LogP contribution in [-0.4, -0.2) is 57.9 Å². The standard InChI is InChI=1S/C17H22N4O3S/c1-24-17-6-4-15(12-19-17)20-7-9-21(10-8-20)16-5-3-14(11-18-16)13-25(2,22)23/h3-6,11-12H,7-10,13H2,1-2H3. The minimum absolute atomic E-state index is 0.0263. The van der Waals surface area contributed by atoms with E-state index in [1.54, 1.807) is 13.3 Å². The molecule has 0 aromatic carbocycles. The fourth-order valence-electron chi connectivity index (χ4n) is 2.87. The molecule has 0 spiro atoms. The quantitative estimate of drug-likeness (QED) is 0.795. The van der Waals surface area contributed by atoms with Crippen molar-refractivity contribution in [1.82, 2.24) is 9.97 Å². The fraction of sp³-hybridized carbons (Fsp3) is 0.412. The highest BCUT2D eigenvalue weighted by molar-refractivity contribution is 7.89. The number of aromatic nitrogens is 2. The highest BCUT2D eigenvalue weighted by atomic mass is 32.2. The molecule has 0 unspecified atom stereocenters. The zero-order chi connectivity index (χ0) is 17.9. The first-order chi connectivity index (χ1) is 11.9. The van der Waals surface area contributed by atoms with Crippen LogP contribution in [0.15, 0.2) is 36.7 Å². The summed E-state index contributed by atoms with van der Waals surface area (Å²) in [7, 11) is -1.43. The van der Waals surface area contributed by atoms with Gasteiger partial charge in [0.2, 0.25) is 5.88 Å². The minimum Gasteiger partial charge on any atom is -0.481 e. The maximum atomic E-state index is 11.3. The molecule has 0 aliphatic carbocycles. The molecule has 2 aromatic rings. The normalized spacial score (nSPS) is 15.3. The van der Waals surface area contributed by atoms with Crippen LogP contribution in [0.2, 0.25) is 0 Å². The Bertz CT molecular complexity index is 799. The highest BCUT2D eigenvalue weighted by Crippen LogP contribution is 2.20. The summed E-state index contributed by atoms with van der Waals surface area (Å²) < 4.78 is 27.8. The maximum Gasteiger partial charge on any atom is 0.213 e. The number of hydrogen-bond donors (Lipinski definition) is 0. The van der Waals surface area contributed by atoms with Gasteiger partial charge in [0.25, 0.3) is 0 Å². The van der Waals surface area contributed by atoms with Crippen molar-refractivity contribution >= 4 is 21.3 Å². The molecule has 3 heterocycles. The van der Waals surface area contributed by atoms with Gasteiger partial charge in [0.05, 0.1) is 24.7 Å². The SMILES string of the molecule is COc1ccc(N2CCN(c3ccc(CS(C)(=O)=O)cn3)CC2)cn1. The Labute approximate surface area is 148 Å². The van der Waals surface area contributed by atoms with E-state index in [1.807, 2.05) is 30.5 Å². The lowest BCUT2D eigenvalue weighted by molar-refractivity contribution is 0.398. The van der Waals surface area contributed by atoms with Crippen LogP contribution in [0.3, 0.4) is 0 Å². The van der Waals surface area contributed by atoms with Gasteiger partial charge in [-0.3, -0.25) is 0 Å². The number of hydrogen-bond acceptors (Lipinski definition) is 7. The number of methoxy groups -OCH3 is 1. The summed E-state index contributed by atoms with van der Waals surface area (Å²) in [6.07, 6.45) is 4.71. The third kappa shape index (κ3) is 4.60. The second-order valence-corrected chi connectivity index (χ2v) is 8.27. The number of pyridine rings is 2. The predicted molar refractivity (Wildman–Crippen MR) is 98.0 cm³/mol. The average molecular weight is 362 g/mol. The number of nitrogens with zero attached hydrogens (tertiary/aromatic N) is 4. The van der Waals surface area contributed by atoms with E-state index >= 15 is 0 Å². The van der Waals surface area contributed by atoms with E-state index in [0.29, 0.717) is 11.4 Å². The topological polar surface area (TPSA) is 75.6 Å². The van der Waals surface area contributed by atoms with Gasteiger partial charge in [0.15, 0.2) is 9.84 Å². The summed E-state index contributed by atoms with van der Waals surface area (Å²) >= 11 is 0. The van der Waals surface area contributed by atoms with Gasteiger partial charge in [0, 0.05) is 44.7 Å². The Kier molecular flexibility index (Phi) is 5.08. The van der Waals surface area contributed by atoms with E-state index in [-0.39, 0.29) is 5.75 Å². The van der Waals surface area contributed by atoms with Crippen LogP contribution in [0.1, 0.15) is 5.56 Å². The molecule has 0 saturated carbocycles. The number of rotatable bonds is 5.